The fourth-order valence-electron chi connectivity index (χ4n) is 1.18. The molecule has 0 aromatic heterocycles. The number of hydrogen-bond donors (Lipinski definition) is 1. The molecule has 0 radical (unpaired) electrons. The van der Waals surface area contributed by atoms with Gasteiger partial charge in [-0.1, -0.05) is 12.1 Å². The Kier molecular flexibility index (Phi) is 4.26. The summed E-state index contributed by atoms with van der Waals surface area (Å²) in [7, 11) is -1.76. The molecule has 0 aliphatic heterocycles. The minimum Gasteiger partial charge on any atom is -0.384 e. The van der Waals surface area contributed by atoms with Crippen LogP contribution in [0.15, 0.2) is 29.2 Å². The van der Waals surface area contributed by atoms with E-state index in [1.807, 2.05) is 0 Å². The van der Waals surface area contributed by atoms with E-state index >= 15 is 0 Å². The summed E-state index contributed by atoms with van der Waals surface area (Å²) in [5.41, 5.74) is 6.26. The standard InChI is InChI=1S/C10H15NO3S/c1-14-5-6-15(12,13)10-4-2-3-9(7-10)8-11/h2-4,7H,5-6,8,11H2,1H3. The Balaban J connectivity index is 2.94. The predicted octanol–water partition coefficient (Wildman–Crippen LogP) is 0.565. The maximum absolute atomic E-state index is 11.7. The monoisotopic (exact) mass is 229 g/mol. The van der Waals surface area contributed by atoms with E-state index in [1.54, 1.807) is 24.3 Å². The number of benzene rings is 1. The molecule has 1 aromatic rings. The molecule has 0 aliphatic rings. The molecule has 2 N–H and O–H groups in total. The lowest BCUT2D eigenvalue weighted by atomic mass is 10.2. The van der Waals surface area contributed by atoms with Crippen LogP contribution in [0, 0.1) is 0 Å². The highest BCUT2D eigenvalue weighted by atomic mass is 32.2. The van der Waals surface area contributed by atoms with Crippen molar-refractivity contribution < 1.29 is 13.2 Å². The van der Waals surface area contributed by atoms with Crippen molar-refractivity contribution in [2.45, 2.75) is 11.4 Å². The Labute approximate surface area is 90.0 Å². The van der Waals surface area contributed by atoms with Crippen LogP contribution in [0.2, 0.25) is 0 Å². The van der Waals surface area contributed by atoms with Crippen molar-refractivity contribution in [2.75, 3.05) is 19.5 Å². The minimum absolute atomic E-state index is 0.00246. The van der Waals surface area contributed by atoms with Gasteiger partial charge in [0.1, 0.15) is 0 Å². The van der Waals surface area contributed by atoms with Gasteiger partial charge in [0.25, 0.3) is 0 Å². The Morgan fingerprint density at radius 1 is 1.40 bits per heavy atom. The fraction of sp³-hybridized carbons (Fsp3) is 0.400. The topological polar surface area (TPSA) is 69.4 Å². The first-order valence-corrected chi connectivity index (χ1v) is 6.26. The minimum atomic E-state index is -3.24. The molecule has 4 nitrogen and oxygen atoms in total. The van der Waals surface area contributed by atoms with Gasteiger partial charge in [0.2, 0.25) is 0 Å². The van der Waals surface area contributed by atoms with E-state index in [-0.39, 0.29) is 12.4 Å². The number of sulfone groups is 1. The molecule has 0 bridgehead atoms. The summed E-state index contributed by atoms with van der Waals surface area (Å²) in [6.45, 7) is 0.544. The molecule has 0 heterocycles. The zero-order valence-electron chi connectivity index (χ0n) is 8.64. The van der Waals surface area contributed by atoms with E-state index in [2.05, 4.69) is 0 Å². The molecule has 0 saturated heterocycles. The Morgan fingerprint density at radius 2 is 2.13 bits per heavy atom. The smallest absolute Gasteiger partial charge is 0.180 e. The molecule has 0 saturated carbocycles. The molecule has 1 rings (SSSR count). The van der Waals surface area contributed by atoms with Gasteiger partial charge in [0.15, 0.2) is 9.84 Å². The molecule has 15 heavy (non-hydrogen) atoms. The fourth-order valence-corrected chi connectivity index (χ4v) is 2.42. The lowest BCUT2D eigenvalue weighted by Crippen LogP contribution is -2.12. The summed E-state index contributed by atoms with van der Waals surface area (Å²) >= 11 is 0. The molecule has 0 spiro atoms. The molecule has 0 aliphatic carbocycles. The molecular formula is C10H15NO3S. The van der Waals surface area contributed by atoms with E-state index in [1.165, 1.54) is 7.11 Å². The van der Waals surface area contributed by atoms with Crippen LogP contribution in [0.5, 0.6) is 0 Å². The van der Waals surface area contributed by atoms with Gasteiger partial charge in [-0.15, -0.1) is 0 Å². The van der Waals surface area contributed by atoms with Crippen molar-refractivity contribution in [3.05, 3.63) is 29.8 Å². The number of hydrogen-bond acceptors (Lipinski definition) is 4. The van der Waals surface area contributed by atoms with E-state index < -0.39 is 9.84 Å². The lowest BCUT2D eigenvalue weighted by Gasteiger charge is -2.05. The van der Waals surface area contributed by atoms with Gasteiger partial charge in [-0.05, 0) is 17.7 Å². The molecular weight excluding hydrogens is 214 g/mol. The molecule has 5 heteroatoms. The second-order valence-corrected chi connectivity index (χ2v) is 5.27. The SMILES string of the molecule is COCCS(=O)(=O)c1cccc(CN)c1. The van der Waals surface area contributed by atoms with Crippen LogP contribution >= 0.6 is 0 Å². The summed E-state index contributed by atoms with van der Waals surface area (Å²) in [6.07, 6.45) is 0. The first kappa shape index (κ1) is 12.2. The second-order valence-electron chi connectivity index (χ2n) is 3.16. The van der Waals surface area contributed by atoms with Crippen molar-refractivity contribution in [3.8, 4) is 0 Å². The van der Waals surface area contributed by atoms with Crippen LogP contribution in [0.4, 0.5) is 0 Å². The summed E-state index contributed by atoms with van der Waals surface area (Å²) in [5.74, 6) is -0.00246. The highest BCUT2D eigenvalue weighted by Crippen LogP contribution is 2.12. The van der Waals surface area contributed by atoms with Gasteiger partial charge < -0.3 is 10.5 Å². The third-order valence-electron chi connectivity index (χ3n) is 2.05. The largest absolute Gasteiger partial charge is 0.384 e. The highest BCUT2D eigenvalue weighted by Gasteiger charge is 2.13. The van der Waals surface area contributed by atoms with Crippen molar-refractivity contribution in [2.24, 2.45) is 5.73 Å². The maximum Gasteiger partial charge on any atom is 0.180 e. The first-order valence-electron chi connectivity index (χ1n) is 4.61. The number of nitrogens with two attached hydrogens (primary N) is 1. The Hall–Kier alpha value is -0.910. The quantitative estimate of drug-likeness (QED) is 0.801. The van der Waals surface area contributed by atoms with Gasteiger partial charge in [-0.2, -0.15) is 0 Å². The van der Waals surface area contributed by atoms with Gasteiger partial charge in [0, 0.05) is 13.7 Å². The zero-order valence-corrected chi connectivity index (χ0v) is 9.46. The maximum atomic E-state index is 11.7. The highest BCUT2D eigenvalue weighted by molar-refractivity contribution is 7.91. The molecule has 0 fully saturated rings. The van der Waals surface area contributed by atoms with Crippen molar-refractivity contribution >= 4 is 9.84 Å². The van der Waals surface area contributed by atoms with Crippen molar-refractivity contribution in [1.29, 1.82) is 0 Å². The van der Waals surface area contributed by atoms with Crippen LogP contribution in [-0.2, 0) is 21.1 Å². The van der Waals surface area contributed by atoms with Crippen molar-refractivity contribution in [1.82, 2.24) is 0 Å². The number of methoxy groups -OCH3 is 1. The molecule has 0 atom stereocenters. The molecule has 0 amide bonds. The number of rotatable bonds is 5. The average molecular weight is 229 g/mol. The second kappa shape index (κ2) is 5.25. The molecule has 84 valence electrons. The first-order chi connectivity index (χ1) is 7.10. The third kappa shape index (κ3) is 3.30. The van der Waals surface area contributed by atoms with Crippen LogP contribution in [-0.4, -0.2) is 27.9 Å². The summed E-state index contributed by atoms with van der Waals surface area (Å²) in [6, 6.07) is 6.67. The molecule has 0 unspecified atom stereocenters. The Morgan fingerprint density at radius 3 is 2.73 bits per heavy atom. The van der Waals surface area contributed by atoms with Crippen LogP contribution in [0.1, 0.15) is 5.56 Å². The van der Waals surface area contributed by atoms with Gasteiger partial charge >= 0.3 is 0 Å². The zero-order chi connectivity index (χ0) is 11.3. The summed E-state index contributed by atoms with van der Waals surface area (Å²) in [5, 5.41) is 0. The van der Waals surface area contributed by atoms with Gasteiger partial charge in [-0.25, -0.2) is 8.42 Å². The van der Waals surface area contributed by atoms with Crippen LogP contribution in [0.25, 0.3) is 0 Å². The van der Waals surface area contributed by atoms with E-state index in [9.17, 15) is 8.42 Å². The Bertz CT molecular complexity index is 414. The summed E-state index contributed by atoms with van der Waals surface area (Å²) in [4.78, 5) is 0.308. The number of ether oxygens (including phenoxy) is 1. The van der Waals surface area contributed by atoms with Crippen LogP contribution in [0.3, 0.4) is 0 Å². The lowest BCUT2D eigenvalue weighted by molar-refractivity contribution is 0.217. The third-order valence-corrected chi connectivity index (χ3v) is 3.73. The van der Waals surface area contributed by atoms with Crippen molar-refractivity contribution in [3.63, 3.8) is 0 Å². The normalized spacial score (nSPS) is 11.6. The van der Waals surface area contributed by atoms with Gasteiger partial charge in [0.05, 0.1) is 17.3 Å². The van der Waals surface area contributed by atoms with E-state index in [4.69, 9.17) is 10.5 Å². The van der Waals surface area contributed by atoms with Crippen LogP contribution < -0.4 is 5.73 Å². The van der Waals surface area contributed by atoms with E-state index in [0.717, 1.165) is 5.56 Å². The van der Waals surface area contributed by atoms with Gasteiger partial charge in [-0.3, -0.25) is 0 Å². The van der Waals surface area contributed by atoms with E-state index in [0.29, 0.717) is 11.4 Å². The average Bonchev–Trinajstić information content (AvgIpc) is 2.26. The predicted molar refractivity (Wildman–Crippen MR) is 58.3 cm³/mol. The summed E-state index contributed by atoms with van der Waals surface area (Å²) < 4.78 is 28.2. The molecule has 1 aromatic carbocycles.